The number of para-hydroxylation sites is 1. The molecule has 0 aliphatic heterocycles. The summed E-state index contributed by atoms with van der Waals surface area (Å²) in [6.45, 7) is 7.01. The third-order valence-corrected chi connectivity index (χ3v) is 2.31. The fourth-order valence-corrected chi connectivity index (χ4v) is 1.51. The van der Waals surface area contributed by atoms with Crippen molar-refractivity contribution < 1.29 is 4.79 Å². The summed E-state index contributed by atoms with van der Waals surface area (Å²) in [6, 6.07) is 15.9. The van der Waals surface area contributed by atoms with Crippen LogP contribution in [0.1, 0.15) is 15.9 Å². The first-order chi connectivity index (χ1) is 7.83. The van der Waals surface area contributed by atoms with E-state index in [1.807, 2.05) is 18.2 Å². The van der Waals surface area contributed by atoms with E-state index < -0.39 is 0 Å². The summed E-state index contributed by atoms with van der Waals surface area (Å²) in [6.07, 6.45) is 0. The number of nitrogens with zero attached hydrogens (tertiary/aromatic N) is 1. The van der Waals surface area contributed by atoms with Crippen LogP contribution in [0.4, 0.5) is 5.69 Å². The third-order valence-electron chi connectivity index (χ3n) is 2.31. The van der Waals surface area contributed by atoms with Gasteiger partial charge in [0.25, 0.3) is 0 Å². The Hall–Kier alpha value is -2.40. The summed E-state index contributed by atoms with van der Waals surface area (Å²) in [7, 11) is 0. The van der Waals surface area contributed by atoms with E-state index in [2.05, 4.69) is 4.85 Å². The Morgan fingerprint density at radius 1 is 0.938 bits per heavy atom. The highest BCUT2D eigenvalue weighted by atomic mass is 16.1. The Labute approximate surface area is 94.0 Å². The highest BCUT2D eigenvalue weighted by Gasteiger charge is 2.11. The number of carbonyl (C=O) groups is 1. The van der Waals surface area contributed by atoms with Gasteiger partial charge >= 0.3 is 0 Å². The topological polar surface area (TPSA) is 21.4 Å². The molecule has 16 heavy (non-hydrogen) atoms. The van der Waals surface area contributed by atoms with Crippen molar-refractivity contribution in [1.29, 1.82) is 0 Å². The molecule has 0 heterocycles. The molecule has 0 saturated carbocycles. The zero-order valence-corrected chi connectivity index (χ0v) is 8.55. The fourth-order valence-electron chi connectivity index (χ4n) is 1.51. The maximum atomic E-state index is 12.1. The van der Waals surface area contributed by atoms with Crippen molar-refractivity contribution in [2.45, 2.75) is 0 Å². The van der Waals surface area contributed by atoms with Crippen LogP contribution in [0.2, 0.25) is 0 Å². The third kappa shape index (κ3) is 1.84. The molecule has 0 spiro atoms. The molecule has 0 aliphatic rings. The minimum Gasteiger partial charge on any atom is -0.290 e. The zero-order valence-electron chi connectivity index (χ0n) is 8.55. The molecule has 76 valence electrons. The van der Waals surface area contributed by atoms with E-state index in [1.165, 1.54) is 0 Å². The van der Waals surface area contributed by atoms with Crippen LogP contribution in [0.5, 0.6) is 0 Å². The minimum atomic E-state index is -0.104. The Kier molecular flexibility index (Phi) is 2.79. The molecule has 0 N–H and O–H groups in total. The first kappa shape index (κ1) is 10.1. The van der Waals surface area contributed by atoms with Gasteiger partial charge in [0.2, 0.25) is 0 Å². The van der Waals surface area contributed by atoms with Crippen molar-refractivity contribution in [2.75, 3.05) is 0 Å². The summed E-state index contributed by atoms with van der Waals surface area (Å²) >= 11 is 0. The average Bonchev–Trinajstić information content (AvgIpc) is 2.39. The molecule has 2 aromatic rings. The van der Waals surface area contributed by atoms with Crippen molar-refractivity contribution in [3.63, 3.8) is 0 Å². The number of carbonyl (C=O) groups excluding carboxylic acids is 1. The molecular weight excluding hydrogens is 198 g/mol. The van der Waals surface area contributed by atoms with Gasteiger partial charge in [-0.25, -0.2) is 4.85 Å². The molecule has 2 nitrogen and oxygen atoms in total. The lowest BCUT2D eigenvalue weighted by Gasteiger charge is -2.02. The van der Waals surface area contributed by atoms with Gasteiger partial charge in [-0.2, -0.15) is 0 Å². The largest absolute Gasteiger partial charge is 0.290 e. The minimum absolute atomic E-state index is 0.104. The van der Waals surface area contributed by atoms with Gasteiger partial charge in [-0.1, -0.05) is 54.6 Å². The smallest absolute Gasteiger partial charge is 0.198 e. The van der Waals surface area contributed by atoms with E-state index in [-0.39, 0.29) is 5.78 Å². The van der Waals surface area contributed by atoms with Gasteiger partial charge in [0.05, 0.1) is 6.57 Å². The molecule has 0 radical (unpaired) electrons. The number of rotatable bonds is 2. The second kappa shape index (κ2) is 4.41. The van der Waals surface area contributed by atoms with E-state index in [0.717, 1.165) is 0 Å². The molecule has 0 bridgehead atoms. The highest BCUT2D eigenvalue weighted by molar-refractivity contribution is 6.12. The lowest BCUT2D eigenvalue weighted by atomic mass is 10.0. The summed E-state index contributed by atoms with van der Waals surface area (Å²) in [5, 5.41) is 0. The van der Waals surface area contributed by atoms with E-state index in [4.69, 9.17) is 6.57 Å². The van der Waals surface area contributed by atoms with Crippen LogP contribution < -0.4 is 0 Å². The van der Waals surface area contributed by atoms with Crippen LogP contribution in [0.3, 0.4) is 0 Å². The van der Waals surface area contributed by atoms with Crippen LogP contribution in [0.15, 0.2) is 54.6 Å². The number of hydrogen-bond acceptors (Lipinski definition) is 1. The molecule has 0 fully saturated rings. The predicted octanol–water partition coefficient (Wildman–Crippen LogP) is 3.47. The second-order valence-electron chi connectivity index (χ2n) is 3.32. The van der Waals surface area contributed by atoms with Gasteiger partial charge in [-0.05, 0) is 0 Å². The van der Waals surface area contributed by atoms with Gasteiger partial charge in [0, 0.05) is 11.1 Å². The Balaban J connectivity index is 2.47. The van der Waals surface area contributed by atoms with E-state index in [1.54, 1.807) is 36.4 Å². The quantitative estimate of drug-likeness (QED) is 0.545. The van der Waals surface area contributed by atoms with Gasteiger partial charge in [-0.3, -0.25) is 4.79 Å². The summed E-state index contributed by atoms with van der Waals surface area (Å²) in [4.78, 5) is 15.4. The van der Waals surface area contributed by atoms with Crippen LogP contribution in [-0.2, 0) is 0 Å². The van der Waals surface area contributed by atoms with Crippen molar-refractivity contribution >= 4 is 11.5 Å². The first-order valence-electron chi connectivity index (χ1n) is 4.89. The summed E-state index contributed by atoms with van der Waals surface area (Å²) in [5.74, 6) is -0.104. The average molecular weight is 207 g/mol. The number of hydrogen-bond donors (Lipinski definition) is 0. The molecule has 0 unspecified atom stereocenters. The van der Waals surface area contributed by atoms with Crippen molar-refractivity contribution in [2.24, 2.45) is 0 Å². The van der Waals surface area contributed by atoms with Gasteiger partial charge in [0.15, 0.2) is 11.5 Å². The Morgan fingerprint density at radius 3 is 2.25 bits per heavy atom. The normalized spacial score (nSPS) is 9.44. The monoisotopic (exact) mass is 207 g/mol. The Morgan fingerprint density at radius 2 is 1.56 bits per heavy atom. The molecule has 0 atom stereocenters. The Bertz CT molecular complexity index is 552. The van der Waals surface area contributed by atoms with Gasteiger partial charge < -0.3 is 0 Å². The molecule has 0 amide bonds. The van der Waals surface area contributed by atoms with Crippen LogP contribution in [0, 0.1) is 6.57 Å². The maximum absolute atomic E-state index is 12.1. The fraction of sp³-hybridized carbons (Fsp3) is 0. The van der Waals surface area contributed by atoms with Gasteiger partial charge in [-0.15, -0.1) is 0 Å². The zero-order chi connectivity index (χ0) is 11.4. The molecular formula is C14H9NO. The summed E-state index contributed by atoms with van der Waals surface area (Å²) in [5.41, 5.74) is 1.47. The molecule has 2 aromatic carbocycles. The summed E-state index contributed by atoms with van der Waals surface area (Å²) < 4.78 is 0. The van der Waals surface area contributed by atoms with Crippen molar-refractivity contribution in [3.8, 4) is 0 Å². The maximum Gasteiger partial charge on any atom is 0.198 e. The highest BCUT2D eigenvalue weighted by Crippen LogP contribution is 2.21. The van der Waals surface area contributed by atoms with E-state index in [0.29, 0.717) is 16.8 Å². The molecule has 0 aliphatic carbocycles. The lowest BCUT2D eigenvalue weighted by molar-refractivity contribution is 0.103. The van der Waals surface area contributed by atoms with Crippen LogP contribution >= 0.6 is 0 Å². The molecule has 0 aromatic heterocycles. The van der Waals surface area contributed by atoms with Gasteiger partial charge in [0.1, 0.15) is 0 Å². The molecule has 0 saturated heterocycles. The second-order valence-corrected chi connectivity index (χ2v) is 3.32. The van der Waals surface area contributed by atoms with Crippen molar-refractivity contribution in [1.82, 2.24) is 0 Å². The lowest BCUT2D eigenvalue weighted by Crippen LogP contribution is -2.00. The molecule has 2 rings (SSSR count). The first-order valence-corrected chi connectivity index (χ1v) is 4.89. The predicted molar refractivity (Wildman–Crippen MR) is 62.6 cm³/mol. The molecule has 2 heteroatoms. The number of benzene rings is 2. The van der Waals surface area contributed by atoms with Crippen LogP contribution in [-0.4, -0.2) is 5.78 Å². The number of ketones is 1. The standard InChI is InChI=1S/C14H9NO/c1-15-13-10-6-5-9-12(13)14(16)11-7-3-2-4-8-11/h2-10H. The van der Waals surface area contributed by atoms with Crippen molar-refractivity contribution in [3.05, 3.63) is 77.1 Å². The van der Waals surface area contributed by atoms with E-state index >= 15 is 0 Å². The van der Waals surface area contributed by atoms with E-state index in [9.17, 15) is 4.79 Å². The SMILES string of the molecule is [C-]#[N+]c1ccccc1C(=O)c1ccccc1. The van der Waals surface area contributed by atoms with Crippen LogP contribution in [0.25, 0.3) is 4.85 Å².